The lowest BCUT2D eigenvalue weighted by molar-refractivity contribution is 0.0962. The molecule has 2 aliphatic heterocycles. The molecule has 0 unspecified atom stereocenters. The highest BCUT2D eigenvalue weighted by Gasteiger charge is 2.28. The van der Waals surface area contributed by atoms with Crippen molar-refractivity contribution in [3.8, 4) is 0 Å². The van der Waals surface area contributed by atoms with Crippen LogP contribution < -0.4 is 5.32 Å². The van der Waals surface area contributed by atoms with Gasteiger partial charge in [-0.05, 0) is 69.4 Å². The standard InChI is InChI=1S/C25H34N6O/c1-16(2)30-12-11-20-14-28-22(13-21(20)15-30)25(32)29-18(4)8-6-7-17(3)24(27)31-19(5)9-10-23(31)26/h6-8,13-14,16,19,26-27H,4,9-12,15H2,1-3,5H3,(H,29,32)/b8-6-,17-7+,26-23?,27-24?/t19-/m0/s1. The molecule has 170 valence electrons. The number of rotatable bonds is 6. The van der Waals surface area contributed by atoms with Crippen molar-refractivity contribution in [3.05, 3.63) is 65.2 Å². The molecule has 7 nitrogen and oxygen atoms in total. The minimum atomic E-state index is -0.281. The Labute approximate surface area is 190 Å². The van der Waals surface area contributed by atoms with Crippen LogP contribution >= 0.6 is 0 Å². The quantitative estimate of drug-likeness (QED) is 0.358. The van der Waals surface area contributed by atoms with Crippen molar-refractivity contribution in [2.24, 2.45) is 0 Å². The summed E-state index contributed by atoms with van der Waals surface area (Å²) in [5.41, 5.74) is 3.96. The first-order chi connectivity index (χ1) is 15.2. The van der Waals surface area contributed by atoms with Crippen LogP contribution in [0, 0.1) is 10.8 Å². The van der Waals surface area contributed by atoms with Gasteiger partial charge in [-0.25, -0.2) is 0 Å². The maximum Gasteiger partial charge on any atom is 0.274 e. The van der Waals surface area contributed by atoms with Crippen LogP contribution in [0.4, 0.5) is 0 Å². The van der Waals surface area contributed by atoms with E-state index in [1.807, 2.05) is 26.1 Å². The Morgan fingerprint density at radius 2 is 2.09 bits per heavy atom. The Balaban J connectivity index is 1.59. The topological polar surface area (TPSA) is 96.2 Å². The normalized spacial score (nSPS) is 19.5. The molecular weight excluding hydrogens is 400 g/mol. The van der Waals surface area contributed by atoms with Gasteiger partial charge >= 0.3 is 0 Å². The number of amides is 1. The summed E-state index contributed by atoms with van der Waals surface area (Å²) in [5, 5.41) is 19.2. The van der Waals surface area contributed by atoms with E-state index in [0.29, 0.717) is 35.5 Å². The second-order valence-corrected chi connectivity index (χ2v) is 8.89. The van der Waals surface area contributed by atoms with Crippen molar-refractivity contribution in [2.75, 3.05) is 6.54 Å². The summed E-state index contributed by atoms with van der Waals surface area (Å²) in [6.07, 6.45) is 9.64. The maximum atomic E-state index is 12.6. The molecule has 3 heterocycles. The van der Waals surface area contributed by atoms with Crippen LogP contribution in [0.25, 0.3) is 0 Å². The molecule has 3 N–H and O–H groups in total. The minimum absolute atomic E-state index is 0.174. The molecule has 0 bridgehead atoms. The molecule has 1 aromatic rings. The average molecular weight is 435 g/mol. The third-order valence-corrected chi connectivity index (χ3v) is 6.15. The zero-order chi connectivity index (χ0) is 23.4. The number of allylic oxidation sites excluding steroid dienone is 3. The molecule has 1 atom stereocenters. The number of carbonyl (C=O) groups is 1. The largest absolute Gasteiger partial charge is 0.321 e. The third kappa shape index (κ3) is 5.40. The number of hydrogen-bond donors (Lipinski definition) is 3. The van der Waals surface area contributed by atoms with E-state index >= 15 is 0 Å². The number of carbonyl (C=O) groups excluding carboxylic acids is 1. The first kappa shape index (κ1) is 23.6. The molecule has 0 radical (unpaired) electrons. The van der Waals surface area contributed by atoms with Gasteiger partial charge in [0.1, 0.15) is 17.4 Å². The number of nitrogens with one attached hydrogen (secondary N) is 3. The minimum Gasteiger partial charge on any atom is -0.321 e. The number of hydrogen-bond acceptors (Lipinski definition) is 5. The van der Waals surface area contributed by atoms with Gasteiger partial charge in [0, 0.05) is 43.5 Å². The van der Waals surface area contributed by atoms with Crippen molar-refractivity contribution < 1.29 is 4.79 Å². The monoisotopic (exact) mass is 434 g/mol. The van der Waals surface area contributed by atoms with E-state index in [1.165, 1.54) is 5.56 Å². The summed E-state index contributed by atoms with van der Waals surface area (Å²) in [7, 11) is 0. The molecule has 32 heavy (non-hydrogen) atoms. The number of nitrogens with zero attached hydrogens (tertiary/aromatic N) is 3. The third-order valence-electron chi connectivity index (χ3n) is 6.15. The van der Waals surface area contributed by atoms with Gasteiger partial charge in [0.25, 0.3) is 5.91 Å². The first-order valence-corrected chi connectivity index (χ1v) is 11.2. The molecule has 0 aromatic carbocycles. The summed E-state index contributed by atoms with van der Waals surface area (Å²) >= 11 is 0. The molecule has 1 aromatic heterocycles. The smallest absolute Gasteiger partial charge is 0.274 e. The Hall–Kier alpha value is -3.06. The van der Waals surface area contributed by atoms with Crippen LogP contribution in [0.5, 0.6) is 0 Å². The van der Waals surface area contributed by atoms with Crippen LogP contribution in [0.3, 0.4) is 0 Å². The first-order valence-electron chi connectivity index (χ1n) is 11.2. The van der Waals surface area contributed by atoms with E-state index in [-0.39, 0.29) is 11.9 Å². The van der Waals surface area contributed by atoms with Crippen molar-refractivity contribution in [1.82, 2.24) is 20.1 Å². The summed E-state index contributed by atoms with van der Waals surface area (Å²) in [5.74, 6) is 0.551. The fourth-order valence-corrected chi connectivity index (χ4v) is 4.07. The van der Waals surface area contributed by atoms with E-state index in [4.69, 9.17) is 10.8 Å². The van der Waals surface area contributed by atoms with Crippen LogP contribution in [0.1, 0.15) is 62.2 Å². The summed E-state index contributed by atoms with van der Waals surface area (Å²) < 4.78 is 0. The Kier molecular flexibility index (Phi) is 7.40. The zero-order valence-electron chi connectivity index (χ0n) is 19.5. The van der Waals surface area contributed by atoms with E-state index in [0.717, 1.165) is 37.1 Å². The number of likely N-dealkylation sites (tertiary alicyclic amines) is 1. The van der Waals surface area contributed by atoms with E-state index in [2.05, 4.69) is 35.6 Å². The van der Waals surface area contributed by atoms with E-state index < -0.39 is 0 Å². The van der Waals surface area contributed by atoms with Gasteiger partial charge in [-0.15, -0.1) is 0 Å². The number of amidine groups is 2. The fourth-order valence-electron chi connectivity index (χ4n) is 4.07. The van der Waals surface area contributed by atoms with Gasteiger partial charge in [0.05, 0.1) is 0 Å². The number of fused-ring (bicyclic) bond motifs is 1. The predicted molar refractivity (Wildman–Crippen MR) is 129 cm³/mol. The number of pyridine rings is 1. The lowest BCUT2D eigenvalue weighted by atomic mass is 10.00. The van der Waals surface area contributed by atoms with Gasteiger partial charge < -0.3 is 10.2 Å². The van der Waals surface area contributed by atoms with E-state index in [1.54, 1.807) is 23.1 Å². The Morgan fingerprint density at radius 1 is 1.34 bits per heavy atom. The summed E-state index contributed by atoms with van der Waals surface area (Å²) in [6.45, 7) is 14.0. The molecular formula is C25H34N6O. The molecule has 7 heteroatoms. The summed E-state index contributed by atoms with van der Waals surface area (Å²) in [4.78, 5) is 21.1. The van der Waals surface area contributed by atoms with Gasteiger partial charge in [-0.3, -0.25) is 25.5 Å². The van der Waals surface area contributed by atoms with Crippen LogP contribution in [-0.2, 0) is 13.0 Å². The lowest BCUT2D eigenvalue weighted by Crippen LogP contribution is -2.36. The van der Waals surface area contributed by atoms with Crippen LogP contribution in [0.2, 0.25) is 0 Å². The van der Waals surface area contributed by atoms with Gasteiger partial charge in [0.2, 0.25) is 0 Å². The zero-order valence-corrected chi connectivity index (χ0v) is 19.5. The van der Waals surface area contributed by atoms with Crippen molar-refractivity contribution in [2.45, 2.75) is 65.6 Å². The SMILES string of the molecule is C=C(/C=C\C=C(/C)C(=N)N1C(=N)CC[C@@H]1C)NC(=O)c1cc2c(cn1)CCN(C(C)C)C2. The second-order valence-electron chi connectivity index (χ2n) is 8.89. The molecule has 1 fully saturated rings. The molecule has 0 spiro atoms. The van der Waals surface area contributed by atoms with Crippen LogP contribution in [0.15, 0.2) is 48.3 Å². The predicted octanol–water partition coefficient (Wildman–Crippen LogP) is 4.03. The summed E-state index contributed by atoms with van der Waals surface area (Å²) in [6, 6.07) is 2.53. The van der Waals surface area contributed by atoms with Crippen molar-refractivity contribution >= 4 is 17.6 Å². The molecule has 2 aliphatic rings. The van der Waals surface area contributed by atoms with Crippen LogP contribution in [-0.4, -0.2) is 51.0 Å². The molecule has 1 saturated heterocycles. The average Bonchev–Trinajstić information content (AvgIpc) is 3.09. The van der Waals surface area contributed by atoms with Crippen molar-refractivity contribution in [3.63, 3.8) is 0 Å². The molecule has 1 amide bonds. The van der Waals surface area contributed by atoms with Gasteiger partial charge in [-0.1, -0.05) is 18.7 Å². The van der Waals surface area contributed by atoms with Gasteiger partial charge in [-0.2, -0.15) is 0 Å². The lowest BCUT2D eigenvalue weighted by Gasteiger charge is -2.31. The van der Waals surface area contributed by atoms with Gasteiger partial charge in [0.15, 0.2) is 0 Å². The maximum absolute atomic E-state index is 12.6. The highest BCUT2D eigenvalue weighted by atomic mass is 16.1. The molecule has 0 saturated carbocycles. The number of aromatic nitrogens is 1. The molecule has 3 rings (SSSR count). The highest BCUT2D eigenvalue weighted by Crippen LogP contribution is 2.22. The Morgan fingerprint density at radius 3 is 2.75 bits per heavy atom. The van der Waals surface area contributed by atoms with E-state index in [9.17, 15) is 4.79 Å². The molecule has 0 aliphatic carbocycles. The Bertz CT molecular complexity index is 990. The second kappa shape index (κ2) is 10.0. The highest BCUT2D eigenvalue weighted by molar-refractivity contribution is 6.07. The van der Waals surface area contributed by atoms with Crippen molar-refractivity contribution in [1.29, 1.82) is 10.8 Å². The fraction of sp³-hybridized carbons (Fsp3) is 0.440.